The fourth-order valence-corrected chi connectivity index (χ4v) is 4.00. The van der Waals surface area contributed by atoms with Crippen molar-refractivity contribution >= 4 is 23.2 Å². The molecule has 0 radical (unpaired) electrons. The lowest BCUT2D eigenvalue weighted by molar-refractivity contribution is 0.0488. The number of carbonyl (C=O) groups excluding carboxylic acids is 1. The van der Waals surface area contributed by atoms with Gasteiger partial charge in [-0.3, -0.25) is 0 Å². The Morgan fingerprint density at radius 3 is 2.49 bits per heavy atom. The number of hydrogen-bond acceptors (Lipinski definition) is 7. The quantitative estimate of drug-likeness (QED) is 0.258. The Hall–Kier alpha value is -3.99. The van der Waals surface area contributed by atoms with Gasteiger partial charge in [-0.1, -0.05) is 43.2 Å². The number of aliphatic hydroxyl groups excluding tert-OH is 1. The molecule has 0 aromatic heterocycles. The number of allylic oxidation sites excluding steroid dienone is 1. The van der Waals surface area contributed by atoms with E-state index in [0.29, 0.717) is 16.8 Å². The van der Waals surface area contributed by atoms with Gasteiger partial charge >= 0.3 is 6.09 Å². The van der Waals surface area contributed by atoms with Crippen molar-refractivity contribution < 1.29 is 14.6 Å². The number of benzene rings is 2. The lowest BCUT2D eigenvalue weighted by Crippen LogP contribution is -2.49. The van der Waals surface area contributed by atoms with E-state index in [0.717, 1.165) is 31.4 Å². The third kappa shape index (κ3) is 7.78. The Bertz CT molecular complexity index is 1120. The number of hydrogen-bond donors (Lipinski definition) is 5. The molecule has 0 unspecified atom stereocenters. The van der Waals surface area contributed by atoms with Crippen molar-refractivity contribution in [3.05, 3.63) is 71.6 Å². The van der Waals surface area contributed by atoms with Crippen LogP contribution >= 0.6 is 0 Å². The molecule has 1 aliphatic rings. The summed E-state index contributed by atoms with van der Waals surface area (Å²) in [4.78, 5) is 12.3. The first kappa shape index (κ1) is 25.6. The van der Waals surface area contributed by atoms with Gasteiger partial charge < -0.3 is 31.2 Å². The number of alkyl carbamates (subject to hydrolysis) is 1. The average molecular weight is 476 g/mol. The summed E-state index contributed by atoms with van der Waals surface area (Å²) in [5.74, 6) is -0.241. The summed E-state index contributed by atoms with van der Waals surface area (Å²) in [5.41, 5.74) is 1.76. The number of nitrogens with one attached hydrogen (secondary N) is 4. The average Bonchev–Trinajstić information content (AvgIpc) is 2.80. The van der Waals surface area contributed by atoms with Crippen LogP contribution in [-0.2, 0) is 4.74 Å². The van der Waals surface area contributed by atoms with Gasteiger partial charge in [-0.2, -0.15) is 5.26 Å². The van der Waals surface area contributed by atoms with Crippen molar-refractivity contribution in [3.8, 4) is 6.07 Å². The van der Waals surface area contributed by atoms with Gasteiger partial charge in [0.1, 0.15) is 11.7 Å². The van der Waals surface area contributed by atoms with E-state index in [1.165, 1.54) is 6.08 Å². The molecule has 35 heavy (non-hydrogen) atoms. The van der Waals surface area contributed by atoms with E-state index >= 15 is 0 Å². The highest BCUT2D eigenvalue weighted by Gasteiger charge is 2.28. The van der Waals surface area contributed by atoms with Crippen LogP contribution in [0.3, 0.4) is 0 Å². The summed E-state index contributed by atoms with van der Waals surface area (Å²) in [6, 6.07) is 16.3. The molecule has 1 amide bonds. The SMILES string of the molecule is CC(C)(C)OC(=O)N[C@H]1CCCC[C@H]1Nc1ccc(C#N)c(N/C(O)=C/C(=N)c2ccccc2)c1. The van der Waals surface area contributed by atoms with Crippen molar-refractivity contribution in [1.29, 1.82) is 10.7 Å². The zero-order valence-corrected chi connectivity index (χ0v) is 20.4. The van der Waals surface area contributed by atoms with E-state index in [1.54, 1.807) is 30.3 Å². The smallest absolute Gasteiger partial charge is 0.407 e. The second-order valence-corrected chi connectivity index (χ2v) is 9.59. The minimum atomic E-state index is -0.568. The number of carbonyl (C=O) groups is 1. The van der Waals surface area contributed by atoms with Gasteiger partial charge in [0.2, 0.25) is 0 Å². The van der Waals surface area contributed by atoms with Crippen LogP contribution in [0.1, 0.15) is 57.6 Å². The molecule has 0 heterocycles. The molecule has 8 heteroatoms. The molecule has 0 saturated heterocycles. The third-order valence-corrected chi connectivity index (χ3v) is 5.59. The van der Waals surface area contributed by atoms with Gasteiger partial charge in [0.25, 0.3) is 0 Å². The Kier molecular flexibility index (Phi) is 8.37. The van der Waals surface area contributed by atoms with E-state index in [9.17, 15) is 15.2 Å². The van der Waals surface area contributed by atoms with Gasteiger partial charge in [0.15, 0.2) is 5.88 Å². The fraction of sp³-hybridized carbons (Fsp3) is 0.370. The van der Waals surface area contributed by atoms with E-state index in [1.807, 2.05) is 39.0 Å². The van der Waals surface area contributed by atoms with E-state index in [-0.39, 0.29) is 23.7 Å². The van der Waals surface area contributed by atoms with Crippen molar-refractivity contribution in [1.82, 2.24) is 5.32 Å². The van der Waals surface area contributed by atoms with Crippen LogP contribution in [0.2, 0.25) is 0 Å². The molecule has 8 nitrogen and oxygen atoms in total. The highest BCUT2D eigenvalue weighted by Crippen LogP contribution is 2.26. The maximum Gasteiger partial charge on any atom is 0.407 e. The molecule has 0 spiro atoms. The molecular formula is C27H33N5O3. The molecule has 5 N–H and O–H groups in total. The molecule has 1 saturated carbocycles. The Labute approximate surface area is 206 Å². The number of nitriles is 1. The van der Waals surface area contributed by atoms with Crippen LogP contribution in [0.15, 0.2) is 60.5 Å². The number of ether oxygens (including phenoxy) is 1. The number of amides is 1. The number of nitrogens with zero attached hydrogens (tertiary/aromatic N) is 1. The molecular weight excluding hydrogens is 442 g/mol. The lowest BCUT2D eigenvalue weighted by atomic mass is 9.90. The molecule has 2 aromatic carbocycles. The highest BCUT2D eigenvalue weighted by molar-refractivity contribution is 6.06. The Morgan fingerprint density at radius 1 is 1.14 bits per heavy atom. The van der Waals surface area contributed by atoms with Gasteiger partial charge in [0, 0.05) is 17.8 Å². The topological polar surface area (TPSA) is 130 Å². The monoisotopic (exact) mass is 475 g/mol. The zero-order chi connectivity index (χ0) is 25.4. The molecule has 1 fully saturated rings. The van der Waals surface area contributed by atoms with Crippen molar-refractivity contribution in [3.63, 3.8) is 0 Å². The molecule has 3 rings (SSSR count). The van der Waals surface area contributed by atoms with Crippen LogP contribution in [0, 0.1) is 16.7 Å². The predicted octanol–water partition coefficient (Wildman–Crippen LogP) is 5.69. The van der Waals surface area contributed by atoms with E-state index in [4.69, 9.17) is 10.1 Å². The van der Waals surface area contributed by atoms with Crippen molar-refractivity contribution in [2.24, 2.45) is 0 Å². The van der Waals surface area contributed by atoms with Gasteiger partial charge in [-0.05, 0) is 57.4 Å². The van der Waals surface area contributed by atoms with E-state index < -0.39 is 11.7 Å². The number of anilines is 2. The maximum absolute atomic E-state index is 12.3. The van der Waals surface area contributed by atoms with Crippen LogP contribution < -0.4 is 16.0 Å². The van der Waals surface area contributed by atoms with Crippen LogP contribution in [-0.4, -0.2) is 34.6 Å². The van der Waals surface area contributed by atoms with Crippen LogP contribution in [0.4, 0.5) is 16.2 Å². The maximum atomic E-state index is 12.3. The summed E-state index contributed by atoms with van der Waals surface area (Å²) in [5, 5.41) is 37.4. The Balaban J connectivity index is 1.72. The second kappa shape index (κ2) is 11.4. The lowest BCUT2D eigenvalue weighted by Gasteiger charge is -2.34. The summed E-state index contributed by atoms with van der Waals surface area (Å²) in [6.45, 7) is 5.50. The van der Waals surface area contributed by atoms with Crippen LogP contribution in [0.5, 0.6) is 0 Å². The van der Waals surface area contributed by atoms with Crippen LogP contribution in [0.25, 0.3) is 0 Å². The predicted molar refractivity (Wildman–Crippen MR) is 138 cm³/mol. The Morgan fingerprint density at radius 2 is 1.83 bits per heavy atom. The summed E-state index contributed by atoms with van der Waals surface area (Å²) < 4.78 is 5.42. The van der Waals surface area contributed by atoms with E-state index in [2.05, 4.69) is 22.0 Å². The minimum Gasteiger partial charge on any atom is -0.495 e. The first-order chi connectivity index (χ1) is 16.6. The van der Waals surface area contributed by atoms with Gasteiger partial charge in [0.05, 0.1) is 23.0 Å². The highest BCUT2D eigenvalue weighted by atomic mass is 16.6. The normalized spacial score (nSPS) is 18.2. The van der Waals surface area contributed by atoms with Gasteiger partial charge in [-0.25, -0.2) is 4.79 Å². The molecule has 1 aliphatic carbocycles. The van der Waals surface area contributed by atoms with Crippen molar-refractivity contribution in [2.75, 3.05) is 10.6 Å². The fourth-order valence-electron chi connectivity index (χ4n) is 4.00. The number of aliphatic hydroxyl groups is 1. The van der Waals surface area contributed by atoms with Gasteiger partial charge in [-0.15, -0.1) is 0 Å². The first-order valence-corrected chi connectivity index (χ1v) is 11.8. The second-order valence-electron chi connectivity index (χ2n) is 9.59. The third-order valence-electron chi connectivity index (χ3n) is 5.59. The summed E-state index contributed by atoms with van der Waals surface area (Å²) in [7, 11) is 0. The summed E-state index contributed by atoms with van der Waals surface area (Å²) in [6.07, 6.45) is 4.64. The standard InChI is InChI=1S/C27H33N5O3/c1-27(2,3)35-26(34)32-23-12-8-7-11-22(23)30-20-14-13-19(17-28)24(15-20)31-25(33)16-21(29)18-9-5-4-6-10-18/h4-6,9-10,13-16,22-23,29-31,33H,7-8,11-12H2,1-3H3,(H,32,34)/b25-16-,29-21?/t22-,23+/m1/s1. The first-order valence-electron chi connectivity index (χ1n) is 11.8. The minimum absolute atomic E-state index is 0.00699. The zero-order valence-electron chi connectivity index (χ0n) is 20.4. The molecule has 2 aromatic rings. The molecule has 2 atom stereocenters. The number of rotatable bonds is 7. The molecule has 0 aliphatic heterocycles. The largest absolute Gasteiger partial charge is 0.495 e. The summed E-state index contributed by atoms with van der Waals surface area (Å²) >= 11 is 0. The van der Waals surface area contributed by atoms with Crippen molar-refractivity contribution in [2.45, 2.75) is 64.1 Å². The molecule has 184 valence electrons. The molecule has 0 bridgehead atoms.